The number of fused-ring (bicyclic) bond motifs is 1. The molecule has 2 heterocycles. The lowest BCUT2D eigenvalue weighted by Crippen LogP contribution is -2.32. The molecule has 0 spiro atoms. The van der Waals surface area contributed by atoms with Gasteiger partial charge in [0.05, 0.1) is 12.2 Å². The summed E-state index contributed by atoms with van der Waals surface area (Å²) in [6.45, 7) is 0.426. The van der Waals surface area contributed by atoms with Gasteiger partial charge in [-0.3, -0.25) is 9.59 Å². The second kappa shape index (κ2) is 7.79. The Kier molecular flexibility index (Phi) is 5.03. The number of anilines is 1. The van der Waals surface area contributed by atoms with Crippen LogP contribution in [-0.2, 0) is 23.2 Å². The number of aromatic nitrogens is 1. The van der Waals surface area contributed by atoms with Crippen LogP contribution in [0.15, 0.2) is 60.8 Å². The van der Waals surface area contributed by atoms with Crippen molar-refractivity contribution in [2.75, 3.05) is 4.90 Å². The Balaban J connectivity index is 1.40. The summed E-state index contributed by atoms with van der Waals surface area (Å²) in [7, 11) is 1.91. The van der Waals surface area contributed by atoms with Gasteiger partial charge in [0, 0.05) is 30.7 Å². The minimum atomic E-state index is -0.706. The van der Waals surface area contributed by atoms with E-state index in [0.29, 0.717) is 12.2 Å². The van der Waals surface area contributed by atoms with Gasteiger partial charge in [0.15, 0.2) is 0 Å². The third-order valence-corrected chi connectivity index (χ3v) is 5.20. The quantitative estimate of drug-likeness (QED) is 0.635. The normalized spacial score (nSPS) is 16.3. The van der Waals surface area contributed by atoms with Gasteiger partial charge in [-0.25, -0.2) is 9.69 Å². The molecule has 1 aliphatic rings. The minimum absolute atomic E-state index is 0.156. The predicted octanol–water partition coefficient (Wildman–Crippen LogP) is 2.70. The van der Waals surface area contributed by atoms with Crippen molar-refractivity contribution in [3.8, 4) is 0 Å². The molecule has 148 valence electrons. The fourth-order valence-electron chi connectivity index (χ4n) is 3.59. The maximum atomic E-state index is 12.9. The van der Waals surface area contributed by atoms with Crippen LogP contribution in [0.3, 0.4) is 0 Å². The number of rotatable bonds is 6. The summed E-state index contributed by atoms with van der Waals surface area (Å²) in [4.78, 5) is 38.7. The molecule has 1 aliphatic heterocycles. The van der Waals surface area contributed by atoms with Crippen molar-refractivity contribution in [1.29, 1.82) is 0 Å². The smallest absolute Gasteiger partial charge is 0.329 e. The van der Waals surface area contributed by atoms with E-state index in [1.807, 2.05) is 66.3 Å². The van der Waals surface area contributed by atoms with Crippen LogP contribution >= 0.6 is 0 Å². The zero-order valence-corrected chi connectivity index (χ0v) is 16.1. The van der Waals surface area contributed by atoms with Crippen LogP contribution in [0.2, 0.25) is 0 Å². The van der Waals surface area contributed by atoms with Gasteiger partial charge in [-0.15, -0.1) is 0 Å². The van der Waals surface area contributed by atoms with Gasteiger partial charge < -0.3 is 15.2 Å². The van der Waals surface area contributed by atoms with E-state index in [2.05, 4.69) is 10.6 Å². The second-order valence-corrected chi connectivity index (χ2v) is 7.10. The number of aryl methyl sites for hydroxylation is 1. The first-order chi connectivity index (χ1) is 14.0. The summed E-state index contributed by atoms with van der Waals surface area (Å²) >= 11 is 0. The van der Waals surface area contributed by atoms with Crippen molar-refractivity contribution in [3.63, 3.8) is 0 Å². The summed E-state index contributed by atoms with van der Waals surface area (Å²) in [6.07, 6.45) is 2.32. The molecule has 29 heavy (non-hydrogen) atoms. The topological polar surface area (TPSA) is 83.4 Å². The Morgan fingerprint density at radius 2 is 1.86 bits per heavy atom. The maximum Gasteiger partial charge on any atom is 0.329 e. The van der Waals surface area contributed by atoms with Gasteiger partial charge in [0.1, 0.15) is 6.04 Å². The lowest BCUT2D eigenvalue weighted by atomic mass is 10.1. The highest BCUT2D eigenvalue weighted by Crippen LogP contribution is 2.29. The van der Waals surface area contributed by atoms with E-state index in [-0.39, 0.29) is 24.7 Å². The summed E-state index contributed by atoms with van der Waals surface area (Å²) in [5, 5.41) is 7.34. The van der Waals surface area contributed by atoms with E-state index in [1.165, 1.54) is 4.90 Å². The van der Waals surface area contributed by atoms with Crippen LogP contribution in [0.1, 0.15) is 18.5 Å². The van der Waals surface area contributed by atoms with Gasteiger partial charge in [0.25, 0.3) is 5.91 Å². The number of carbonyl (C=O) groups excluding carboxylic acids is 3. The van der Waals surface area contributed by atoms with Gasteiger partial charge in [0.2, 0.25) is 5.91 Å². The Morgan fingerprint density at radius 3 is 2.66 bits per heavy atom. The van der Waals surface area contributed by atoms with Crippen molar-refractivity contribution in [1.82, 2.24) is 15.2 Å². The molecule has 4 rings (SSSR count). The van der Waals surface area contributed by atoms with Crippen LogP contribution in [0, 0.1) is 0 Å². The summed E-state index contributed by atoms with van der Waals surface area (Å²) in [5.74, 6) is -0.488. The van der Waals surface area contributed by atoms with E-state index < -0.39 is 12.1 Å². The minimum Gasteiger partial charge on any atom is -0.353 e. The van der Waals surface area contributed by atoms with Crippen LogP contribution in [-0.4, -0.2) is 28.5 Å². The largest absolute Gasteiger partial charge is 0.353 e. The van der Waals surface area contributed by atoms with Crippen LogP contribution in [0.5, 0.6) is 0 Å². The number of hydrogen-bond donors (Lipinski definition) is 2. The van der Waals surface area contributed by atoms with E-state index >= 15 is 0 Å². The van der Waals surface area contributed by atoms with Crippen LogP contribution in [0.25, 0.3) is 10.8 Å². The van der Waals surface area contributed by atoms with Gasteiger partial charge >= 0.3 is 6.03 Å². The molecule has 0 aliphatic carbocycles. The molecule has 1 atom stereocenters. The monoisotopic (exact) mass is 390 g/mol. The maximum absolute atomic E-state index is 12.9. The standard InChI is InChI=1S/C22H22N4O3/c1-25-13-5-8-16(25)14-23-20(27)12-11-18-21(28)26(22(29)24-18)19-10-4-7-15-6-2-3-9-17(15)19/h2-10,13,18H,11-12,14H2,1H3,(H,23,27)(H,24,29)/t18-/m0/s1. The highest BCUT2D eigenvalue weighted by atomic mass is 16.2. The molecule has 7 nitrogen and oxygen atoms in total. The molecule has 1 fully saturated rings. The molecule has 1 saturated heterocycles. The average molecular weight is 390 g/mol. The van der Waals surface area contributed by atoms with E-state index in [4.69, 9.17) is 0 Å². The fraction of sp³-hybridized carbons (Fsp3) is 0.227. The molecule has 0 saturated carbocycles. The summed E-state index contributed by atoms with van der Waals surface area (Å²) in [6, 6.07) is 15.8. The number of imide groups is 1. The second-order valence-electron chi connectivity index (χ2n) is 7.10. The lowest BCUT2D eigenvalue weighted by molar-refractivity contribution is -0.122. The number of urea groups is 1. The molecule has 7 heteroatoms. The number of nitrogens with zero attached hydrogens (tertiary/aromatic N) is 2. The predicted molar refractivity (Wildman–Crippen MR) is 110 cm³/mol. The molecule has 0 radical (unpaired) electrons. The molecular formula is C22H22N4O3. The molecule has 0 unspecified atom stereocenters. The first-order valence-electron chi connectivity index (χ1n) is 9.54. The van der Waals surface area contributed by atoms with Gasteiger partial charge in [-0.2, -0.15) is 0 Å². The zero-order valence-electron chi connectivity index (χ0n) is 16.1. The fourth-order valence-corrected chi connectivity index (χ4v) is 3.59. The summed E-state index contributed by atoms with van der Waals surface area (Å²) in [5.41, 5.74) is 1.55. The molecular weight excluding hydrogens is 368 g/mol. The van der Waals surface area contributed by atoms with Crippen LogP contribution in [0.4, 0.5) is 10.5 Å². The number of amides is 4. The Bertz CT molecular complexity index is 1080. The van der Waals surface area contributed by atoms with Crippen molar-refractivity contribution < 1.29 is 14.4 Å². The molecule has 0 bridgehead atoms. The van der Waals surface area contributed by atoms with E-state index in [0.717, 1.165) is 16.5 Å². The molecule has 3 aromatic rings. The van der Waals surface area contributed by atoms with E-state index in [1.54, 1.807) is 6.07 Å². The molecule has 2 aromatic carbocycles. The van der Waals surface area contributed by atoms with Crippen molar-refractivity contribution >= 4 is 34.3 Å². The first kappa shape index (κ1) is 18.7. The van der Waals surface area contributed by atoms with Gasteiger partial charge in [-0.1, -0.05) is 36.4 Å². The first-order valence-corrected chi connectivity index (χ1v) is 9.54. The Morgan fingerprint density at radius 1 is 1.07 bits per heavy atom. The molecule has 2 N–H and O–H groups in total. The summed E-state index contributed by atoms with van der Waals surface area (Å²) < 4.78 is 1.93. The Labute approximate surface area is 168 Å². The number of nitrogens with one attached hydrogen (secondary N) is 2. The SMILES string of the molecule is Cn1cccc1CNC(=O)CC[C@@H]1NC(=O)N(c2cccc3ccccc23)C1=O. The molecule has 1 aromatic heterocycles. The number of benzene rings is 2. The van der Waals surface area contributed by atoms with Crippen molar-refractivity contribution in [2.24, 2.45) is 7.05 Å². The third kappa shape index (κ3) is 3.71. The van der Waals surface area contributed by atoms with Gasteiger partial charge in [-0.05, 0) is 30.0 Å². The Hall–Kier alpha value is -3.61. The van der Waals surface area contributed by atoms with Crippen LogP contribution < -0.4 is 15.5 Å². The number of carbonyl (C=O) groups is 3. The zero-order chi connectivity index (χ0) is 20.4. The lowest BCUT2D eigenvalue weighted by Gasteiger charge is -2.15. The highest BCUT2D eigenvalue weighted by molar-refractivity contribution is 6.24. The van der Waals surface area contributed by atoms with Crippen molar-refractivity contribution in [2.45, 2.75) is 25.4 Å². The van der Waals surface area contributed by atoms with E-state index in [9.17, 15) is 14.4 Å². The average Bonchev–Trinajstić information content (AvgIpc) is 3.26. The molecule has 4 amide bonds. The third-order valence-electron chi connectivity index (χ3n) is 5.20. The number of hydrogen-bond acceptors (Lipinski definition) is 3. The van der Waals surface area contributed by atoms with Crippen molar-refractivity contribution in [3.05, 3.63) is 66.5 Å². The highest BCUT2D eigenvalue weighted by Gasteiger charge is 2.39.